The first-order valence-electron chi connectivity index (χ1n) is 11.8. The number of hydrogen-bond donors (Lipinski definition) is 2. The van der Waals surface area contributed by atoms with Crippen molar-refractivity contribution in [1.82, 2.24) is 34.9 Å². The predicted octanol–water partition coefficient (Wildman–Crippen LogP) is 3.49. The number of anilines is 3. The zero-order chi connectivity index (χ0) is 26.5. The Hall–Kier alpha value is -3.87. The van der Waals surface area contributed by atoms with Crippen molar-refractivity contribution in [2.75, 3.05) is 23.0 Å². The molecule has 2 N–H and O–H groups in total. The monoisotopic (exact) mass is 523 g/mol. The molecule has 5 rings (SSSR count). The highest BCUT2D eigenvalue weighted by atomic mass is 32.2. The van der Waals surface area contributed by atoms with E-state index in [1.165, 1.54) is 15.6 Å². The van der Waals surface area contributed by atoms with Gasteiger partial charge in [-0.1, -0.05) is 5.21 Å². The van der Waals surface area contributed by atoms with Gasteiger partial charge in [-0.05, 0) is 45.4 Å². The van der Waals surface area contributed by atoms with E-state index < -0.39 is 11.7 Å². The summed E-state index contributed by atoms with van der Waals surface area (Å²) in [5.74, 6) is 1.56. The molecule has 1 atom stereocenters. The summed E-state index contributed by atoms with van der Waals surface area (Å²) in [4.78, 5) is 31.9. The number of carbonyl (C=O) groups is 2. The van der Waals surface area contributed by atoms with Gasteiger partial charge in [0.25, 0.3) is 5.91 Å². The summed E-state index contributed by atoms with van der Waals surface area (Å²) in [5, 5.41) is 19.5. The summed E-state index contributed by atoms with van der Waals surface area (Å²) in [7, 11) is 3.45. The summed E-state index contributed by atoms with van der Waals surface area (Å²) < 4.78 is 8.74. The molecule has 2 amide bonds. The molecule has 4 bridgehead atoms. The Balaban J connectivity index is 1.69. The number of benzene rings is 1. The first kappa shape index (κ1) is 24.8. The van der Waals surface area contributed by atoms with Crippen molar-refractivity contribution in [3.63, 3.8) is 0 Å². The van der Waals surface area contributed by atoms with Gasteiger partial charge in [-0.25, -0.2) is 19.0 Å². The van der Waals surface area contributed by atoms with Gasteiger partial charge in [-0.2, -0.15) is 11.8 Å². The molecule has 0 saturated heterocycles. The molecule has 3 aromatic heterocycles. The van der Waals surface area contributed by atoms with Crippen LogP contribution in [0.3, 0.4) is 0 Å². The fourth-order valence-electron chi connectivity index (χ4n) is 4.04. The third kappa shape index (κ3) is 4.90. The molecule has 0 aliphatic carbocycles. The van der Waals surface area contributed by atoms with Crippen LogP contribution in [0.5, 0.6) is 0 Å². The minimum atomic E-state index is -0.684. The predicted molar refractivity (Wildman–Crippen MR) is 143 cm³/mol. The Bertz CT molecular complexity index is 1520. The standard InChI is InChI=1S/C24H29N9O3S/c1-13-11-37-12-14-7-15(20-16(8-14)32(6)30-28-20)27-19-9-17(31(5)23(35)36-24(2,3)4)21-25-10-18(22(34)26-13)33(21)29-19/h7-10,13H,11-12H2,1-6H3,(H,26,34)(H,27,29)/t13-/m1/s1. The van der Waals surface area contributed by atoms with Crippen LogP contribution in [-0.4, -0.2) is 66.0 Å². The number of carbonyl (C=O) groups excluding carboxylic acids is 2. The molecule has 0 fully saturated rings. The molecule has 1 aliphatic rings. The molecule has 4 heterocycles. The highest BCUT2D eigenvalue weighted by molar-refractivity contribution is 7.98. The van der Waals surface area contributed by atoms with Crippen LogP contribution in [0, 0.1) is 0 Å². The molecule has 1 aliphatic heterocycles. The molecule has 0 spiro atoms. The topological polar surface area (TPSA) is 132 Å². The molecule has 0 unspecified atom stereocenters. The number of nitrogens with one attached hydrogen (secondary N) is 2. The van der Waals surface area contributed by atoms with E-state index in [1.807, 2.05) is 20.0 Å². The van der Waals surface area contributed by atoms with E-state index in [9.17, 15) is 9.59 Å². The van der Waals surface area contributed by atoms with Crippen LogP contribution in [0.4, 0.5) is 22.0 Å². The smallest absolute Gasteiger partial charge is 0.414 e. The van der Waals surface area contributed by atoms with Crippen LogP contribution in [-0.2, 0) is 17.5 Å². The number of ether oxygens (including phenoxy) is 1. The summed E-state index contributed by atoms with van der Waals surface area (Å²) in [6.07, 6.45) is 0.903. The highest BCUT2D eigenvalue weighted by Crippen LogP contribution is 2.31. The zero-order valence-electron chi connectivity index (χ0n) is 21.6. The molecule has 0 saturated carbocycles. The number of nitrogens with zero attached hydrogens (tertiary/aromatic N) is 7. The highest BCUT2D eigenvalue weighted by Gasteiger charge is 2.26. The van der Waals surface area contributed by atoms with Crippen molar-refractivity contribution in [1.29, 1.82) is 0 Å². The van der Waals surface area contributed by atoms with Gasteiger partial charge in [0.2, 0.25) is 0 Å². The van der Waals surface area contributed by atoms with E-state index in [0.717, 1.165) is 28.3 Å². The number of imidazole rings is 1. The largest absolute Gasteiger partial charge is 0.443 e. The molecule has 13 heteroatoms. The summed E-state index contributed by atoms with van der Waals surface area (Å²) in [5.41, 5.74) is 3.70. The van der Waals surface area contributed by atoms with Crippen LogP contribution in [0.1, 0.15) is 43.7 Å². The Kier molecular flexibility index (Phi) is 6.18. The van der Waals surface area contributed by atoms with Gasteiger partial charge in [0, 0.05) is 37.7 Å². The van der Waals surface area contributed by atoms with Gasteiger partial charge in [-0.3, -0.25) is 9.69 Å². The van der Waals surface area contributed by atoms with Crippen molar-refractivity contribution < 1.29 is 14.3 Å². The van der Waals surface area contributed by atoms with E-state index in [-0.39, 0.29) is 17.6 Å². The van der Waals surface area contributed by atoms with E-state index in [1.54, 1.807) is 50.3 Å². The molecule has 194 valence electrons. The molecule has 1 aromatic carbocycles. The number of amides is 2. The van der Waals surface area contributed by atoms with E-state index >= 15 is 0 Å². The number of fused-ring (bicyclic) bond motifs is 5. The first-order valence-corrected chi connectivity index (χ1v) is 13.0. The number of aromatic nitrogens is 6. The Morgan fingerprint density at radius 3 is 2.81 bits per heavy atom. The lowest BCUT2D eigenvalue weighted by Crippen LogP contribution is -2.35. The third-order valence-electron chi connectivity index (χ3n) is 5.76. The summed E-state index contributed by atoms with van der Waals surface area (Å²) in [6, 6.07) is 5.70. The summed E-state index contributed by atoms with van der Waals surface area (Å²) in [6.45, 7) is 7.36. The molecule has 0 radical (unpaired) electrons. The average molecular weight is 524 g/mol. The maximum Gasteiger partial charge on any atom is 0.414 e. The van der Waals surface area contributed by atoms with Crippen LogP contribution in [0.15, 0.2) is 24.4 Å². The lowest BCUT2D eigenvalue weighted by atomic mass is 10.2. The normalized spacial score (nSPS) is 16.4. The maximum absolute atomic E-state index is 13.2. The first-order chi connectivity index (χ1) is 17.5. The van der Waals surface area contributed by atoms with Gasteiger partial charge in [0.15, 0.2) is 17.2 Å². The molecule has 4 aromatic rings. The Labute approximate surface area is 217 Å². The minimum absolute atomic E-state index is 0.0854. The molecule has 12 nitrogen and oxygen atoms in total. The van der Waals surface area contributed by atoms with Gasteiger partial charge < -0.3 is 15.4 Å². The fourth-order valence-corrected chi connectivity index (χ4v) is 5.00. The second-order valence-electron chi connectivity index (χ2n) is 10.1. The van der Waals surface area contributed by atoms with Crippen molar-refractivity contribution >= 4 is 57.6 Å². The van der Waals surface area contributed by atoms with Crippen molar-refractivity contribution in [2.24, 2.45) is 7.05 Å². The third-order valence-corrected chi connectivity index (χ3v) is 7.04. The SMILES string of the molecule is C[C@@H]1CSCc2cc(c3nnn(C)c3c2)Nc2cc(N(C)C(=O)OC(C)(C)C)c3ncc(n3n2)C(=O)N1. The van der Waals surface area contributed by atoms with Crippen LogP contribution >= 0.6 is 11.8 Å². The van der Waals surface area contributed by atoms with Gasteiger partial charge in [-0.15, -0.1) is 10.2 Å². The molecule has 37 heavy (non-hydrogen) atoms. The quantitative estimate of drug-likeness (QED) is 0.385. The summed E-state index contributed by atoms with van der Waals surface area (Å²) >= 11 is 1.73. The van der Waals surface area contributed by atoms with Crippen molar-refractivity contribution in [3.05, 3.63) is 35.7 Å². The van der Waals surface area contributed by atoms with Crippen LogP contribution in [0.25, 0.3) is 16.7 Å². The number of aryl methyl sites for hydroxylation is 1. The second kappa shape index (κ2) is 9.21. The van der Waals surface area contributed by atoms with Gasteiger partial charge in [0.05, 0.1) is 23.1 Å². The van der Waals surface area contributed by atoms with Gasteiger partial charge in [0.1, 0.15) is 11.1 Å². The van der Waals surface area contributed by atoms with Crippen LogP contribution < -0.4 is 15.5 Å². The number of rotatable bonds is 1. The van der Waals surface area contributed by atoms with E-state index in [0.29, 0.717) is 22.7 Å². The van der Waals surface area contributed by atoms with Crippen molar-refractivity contribution in [3.8, 4) is 0 Å². The lowest BCUT2D eigenvalue weighted by molar-refractivity contribution is 0.0589. The average Bonchev–Trinajstić information content (AvgIpc) is 3.40. The second-order valence-corrected chi connectivity index (χ2v) is 11.1. The van der Waals surface area contributed by atoms with Gasteiger partial charge >= 0.3 is 6.09 Å². The minimum Gasteiger partial charge on any atom is -0.443 e. The van der Waals surface area contributed by atoms with E-state index in [2.05, 4.69) is 37.1 Å². The Morgan fingerprint density at radius 1 is 1.27 bits per heavy atom. The molecular weight excluding hydrogens is 494 g/mol. The maximum atomic E-state index is 13.2. The number of hydrogen-bond acceptors (Lipinski definition) is 9. The molecular formula is C24H29N9O3S. The lowest BCUT2D eigenvalue weighted by Gasteiger charge is -2.25. The van der Waals surface area contributed by atoms with E-state index in [4.69, 9.17) is 4.74 Å². The Morgan fingerprint density at radius 2 is 2.05 bits per heavy atom. The van der Waals surface area contributed by atoms with Crippen molar-refractivity contribution in [2.45, 2.75) is 45.1 Å². The number of thioether (sulfide) groups is 1. The van der Waals surface area contributed by atoms with Crippen LogP contribution in [0.2, 0.25) is 0 Å². The zero-order valence-corrected chi connectivity index (χ0v) is 22.4. The fraction of sp³-hybridized carbons (Fsp3) is 0.417.